The van der Waals surface area contributed by atoms with Crippen molar-refractivity contribution in [3.8, 4) is 0 Å². The van der Waals surface area contributed by atoms with Gasteiger partial charge in [0.2, 0.25) is 0 Å². The van der Waals surface area contributed by atoms with E-state index in [1.54, 1.807) is 31.3 Å². The van der Waals surface area contributed by atoms with E-state index in [1.807, 2.05) is 9.80 Å². The van der Waals surface area contributed by atoms with Crippen LogP contribution < -0.4 is 10.2 Å². The minimum Gasteiger partial charge on any atom is -0.364 e. The van der Waals surface area contributed by atoms with E-state index in [1.165, 1.54) is 12.8 Å². The summed E-state index contributed by atoms with van der Waals surface area (Å²) in [5.41, 5.74) is 2.08. The molecule has 0 bridgehead atoms. The number of amides is 2. The second-order valence-corrected chi connectivity index (χ2v) is 10.0. The number of methoxy groups -OCH3 is 1. The maximum Gasteiger partial charge on any atom is 0.317 e. The van der Waals surface area contributed by atoms with Crippen LogP contribution in [0.2, 0.25) is 0 Å². The molecular formula is C24H33N5O2S. The Labute approximate surface area is 194 Å². The zero-order chi connectivity index (χ0) is 22.5. The number of fused-ring (bicyclic) bond motifs is 2. The van der Waals surface area contributed by atoms with E-state index < -0.39 is 0 Å². The highest BCUT2D eigenvalue weighted by Crippen LogP contribution is 2.46. The van der Waals surface area contributed by atoms with Crippen LogP contribution in [-0.2, 0) is 11.3 Å². The average Bonchev–Trinajstić information content (AvgIpc) is 2.81. The molecule has 0 atom stereocenters. The van der Waals surface area contributed by atoms with Crippen molar-refractivity contribution in [3.63, 3.8) is 0 Å². The van der Waals surface area contributed by atoms with Gasteiger partial charge in [-0.05, 0) is 42.4 Å². The van der Waals surface area contributed by atoms with Gasteiger partial charge < -0.3 is 15.0 Å². The maximum atomic E-state index is 12.7. The SMILES string of the molecule is COCN1c2cc(CNC(=O)N3CCC(CCC(C)C)CC3)ccc2Sc2nccnc21. The third kappa shape index (κ3) is 5.35. The summed E-state index contributed by atoms with van der Waals surface area (Å²) in [6, 6.07) is 6.29. The summed E-state index contributed by atoms with van der Waals surface area (Å²) < 4.78 is 5.42. The monoisotopic (exact) mass is 455 g/mol. The molecule has 0 spiro atoms. The molecule has 0 radical (unpaired) electrons. The van der Waals surface area contributed by atoms with Crippen LogP contribution in [0, 0.1) is 11.8 Å². The zero-order valence-corrected chi connectivity index (χ0v) is 20.0. The number of urea groups is 1. The van der Waals surface area contributed by atoms with Crippen LogP contribution in [0.1, 0.15) is 45.1 Å². The standard InChI is InChI=1S/C24H33N5O2S/c1-17(2)4-5-18-8-12-28(13-9-18)24(30)27-15-19-6-7-21-20(14-19)29(16-31-3)22-23(32-21)26-11-10-25-22/h6-7,10-11,14,17-18H,4-5,8-9,12-13,15-16H2,1-3H3,(H,27,30). The molecule has 2 aromatic rings. The minimum atomic E-state index is 0.0318. The number of piperidine rings is 1. The molecule has 2 aliphatic rings. The summed E-state index contributed by atoms with van der Waals surface area (Å²) in [6.45, 7) is 7.16. The predicted octanol–water partition coefficient (Wildman–Crippen LogP) is 5.04. The van der Waals surface area contributed by atoms with Gasteiger partial charge in [-0.2, -0.15) is 0 Å². The third-order valence-corrected chi connectivity index (χ3v) is 7.23. The van der Waals surface area contributed by atoms with Crippen molar-refractivity contribution in [2.75, 3.05) is 31.8 Å². The summed E-state index contributed by atoms with van der Waals surface area (Å²) in [6.07, 6.45) is 8.20. The van der Waals surface area contributed by atoms with Gasteiger partial charge in [0, 0.05) is 44.0 Å². The highest BCUT2D eigenvalue weighted by molar-refractivity contribution is 7.99. The van der Waals surface area contributed by atoms with Crippen LogP contribution in [0.5, 0.6) is 0 Å². The van der Waals surface area contributed by atoms with Gasteiger partial charge in [0.1, 0.15) is 11.8 Å². The quantitative estimate of drug-likeness (QED) is 0.631. The maximum absolute atomic E-state index is 12.7. The number of hydrogen-bond donors (Lipinski definition) is 1. The summed E-state index contributed by atoms with van der Waals surface area (Å²) >= 11 is 1.61. The van der Waals surface area contributed by atoms with Crippen LogP contribution in [0.25, 0.3) is 0 Å². The molecule has 32 heavy (non-hydrogen) atoms. The van der Waals surface area contributed by atoms with Crippen LogP contribution in [0.4, 0.5) is 16.3 Å². The van der Waals surface area contributed by atoms with Crippen LogP contribution in [0.3, 0.4) is 0 Å². The van der Waals surface area contributed by atoms with Crippen molar-refractivity contribution in [3.05, 3.63) is 36.2 Å². The van der Waals surface area contributed by atoms with E-state index in [0.717, 1.165) is 64.8 Å². The molecule has 1 N–H and O–H groups in total. The lowest BCUT2D eigenvalue weighted by Crippen LogP contribution is -2.44. The second kappa shape index (κ2) is 10.5. The number of hydrogen-bond acceptors (Lipinski definition) is 6. The number of nitrogens with one attached hydrogen (secondary N) is 1. The van der Waals surface area contributed by atoms with E-state index in [9.17, 15) is 4.79 Å². The smallest absolute Gasteiger partial charge is 0.317 e. The molecule has 172 valence electrons. The Kier molecular flexibility index (Phi) is 7.52. The highest BCUT2D eigenvalue weighted by atomic mass is 32.2. The van der Waals surface area contributed by atoms with Gasteiger partial charge in [0.15, 0.2) is 5.82 Å². The molecule has 2 aliphatic heterocycles. The molecule has 8 heteroatoms. The fourth-order valence-electron chi connectivity index (χ4n) is 4.31. The Bertz CT molecular complexity index is 930. The van der Waals surface area contributed by atoms with Crippen molar-refractivity contribution in [1.29, 1.82) is 0 Å². The molecule has 2 amide bonds. The Balaban J connectivity index is 1.35. The molecule has 1 aromatic heterocycles. The summed E-state index contributed by atoms with van der Waals surface area (Å²) in [4.78, 5) is 26.8. The normalized spacial score (nSPS) is 16.1. The summed E-state index contributed by atoms with van der Waals surface area (Å²) in [5.74, 6) is 2.32. The fourth-order valence-corrected chi connectivity index (χ4v) is 5.29. The number of ether oxygens (including phenoxy) is 1. The molecule has 1 saturated heterocycles. The van der Waals surface area contributed by atoms with Crippen molar-refractivity contribution in [2.24, 2.45) is 11.8 Å². The average molecular weight is 456 g/mol. The molecule has 0 saturated carbocycles. The fraction of sp³-hybridized carbons (Fsp3) is 0.542. The van der Waals surface area contributed by atoms with Crippen molar-refractivity contribution in [2.45, 2.75) is 56.0 Å². The first-order valence-electron chi connectivity index (χ1n) is 11.5. The van der Waals surface area contributed by atoms with Gasteiger partial charge in [-0.1, -0.05) is 44.5 Å². The number of carbonyl (C=O) groups excluding carboxylic acids is 1. The number of anilines is 2. The topological polar surface area (TPSA) is 70.6 Å². The van der Waals surface area contributed by atoms with Crippen LogP contribution in [0.15, 0.2) is 40.5 Å². The molecule has 1 aromatic carbocycles. The first kappa shape index (κ1) is 22.9. The van der Waals surface area contributed by atoms with Gasteiger partial charge in [0.25, 0.3) is 0 Å². The first-order valence-corrected chi connectivity index (χ1v) is 12.3. The van der Waals surface area contributed by atoms with E-state index in [2.05, 4.69) is 47.3 Å². The Morgan fingerprint density at radius 1 is 1.25 bits per heavy atom. The molecule has 7 nitrogen and oxygen atoms in total. The van der Waals surface area contributed by atoms with E-state index in [-0.39, 0.29) is 6.03 Å². The van der Waals surface area contributed by atoms with Crippen molar-refractivity contribution >= 4 is 29.3 Å². The van der Waals surface area contributed by atoms with E-state index >= 15 is 0 Å². The van der Waals surface area contributed by atoms with Crippen molar-refractivity contribution < 1.29 is 9.53 Å². The van der Waals surface area contributed by atoms with Gasteiger partial charge in [0.05, 0.1) is 5.69 Å². The number of benzene rings is 1. The van der Waals surface area contributed by atoms with E-state index in [4.69, 9.17) is 4.74 Å². The number of nitrogens with zero attached hydrogens (tertiary/aromatic N) is 4. The summed E-state index contributed by atoms with van der Waals surface area (Å²) in [5, 5.41) is 3.98. The lowest BCUT2D eigenvalue weighted by Gasteiger charge is -2.32. The molecule has 1 fully saturated rings. The van der Waals surface area contributed by atoms with Crippen LogP contribution >= 0.6 is 11.8 Å². The molecular weight excluding hydrogens is 422 g/mol. The minimum absolute atomic E-state index is 0.0318. The predicted molar refractivity (Wildman–Crippen MR) is 127 cm³/mol. The van der Waals surface area contributed by atoms with Gasteiger partial charge >= 0.3 is 6.03 Å². The van der Waals surface area contributed by atoms with Gasteiger partial charge in [-0.25, -0.2) is 14.8 Å². The van der Waals surface area contributed by atoms with Crippen LogP contribution in [-0.4, -0.2) is 47.8 Å². The lowest BCUT2D eigenvalue weighted by atomic mass is 9.90. The largest absolute Gasteiger partial charge is 0.364 e. The zero-order valence-electron chi connectivity index (χ0n) is 19.2. The Morgan fingerprint density at radius 3 is 2.78 bits per heavy atom. The molecule has 0 aliphatic carbocycles. The van der Waals surface area contributed by atoms with E-state index in [0.29, 0.717) is 13.3 Å². The second-order valence-electron chi connectivity index (χ2n) is 9.00. The lowest BCUT2D eigenvalue weighted by molar-refractivity contribution is 0.166. The highest BCUT2D eigenvalue weighted by Gasteiger charge is 2.26. The number of rotatable bonds is 7. The molecule has 0 unspecified atom stereocenters. The number of aromatic nitrogens is 2. The molecule has 3 heterocycles. The van der Waals surface area contributed by atoms with Crippen molar-refractivity contribution in [1.82, 2.24) is 20.2 Å². The molecule has 4 rings (SSSR count). The van der Waals surface area contributed by atoms with Gasteiger partial charge in [-0.15, -0.1) is 0 Å². The van der Waals surface area contributed by atoms with Gasteiger partial charge in [-0.3, -0.25) is 4.90 Å². The first-order chi connectivity index (χ1) is 15.5. The number of carbonyl (C=O) groups is 1. The Hall–Kier alpha value is -2.32. The number of likely N-dealkylation sites (tertiary alicyclic amines) is 1. The Morgan fingerprint density at radius 2 is 2.03 bits per heavy atom. The summed E-state index contributed by atoms with van der Waals surface area (Å²) in [7, 11) is 1.67. The third-order valence-electron chi connectivity index (χ3n) is 6.18.